The summed E-state index contributed by atoms with van der Waals surface area (Å²) in [6.07, 6.45) is -0.553. The lowest BCUT2D eigenvalue weighted by molar-refractivity contribution is 0.0924. The van der Waals surface area contributed by atoms with Gasteiger partial charge >= 0.3 is 0 Å². The molecule has 0 aliphatic carbocycles. The van der Waals surface area contributed by atoms with E-state index in [1.807, 2.05) is 30.3 Å². The maximum Gasteiger partial charge on any atom is 0.251 e. The highest BCUT2D eigenvalue weighted by molar-refractivity contribution is 5.94. The van der Waals surface area contributed by atoms with E-state index >= 15 is 0 Å². The van der Waals surface area contributed by atoms with Crippen molar-refractivity contribution < 1.29 is 14.6 Å². The predicted molar refractivity (Wildman–Crippen MR) is 81.2 cm³/mol. The molecule has 2 N–H and O–H groups in total. The van der Waals surface area contributed by atoms with Crippen molar-refractivity contribution >= 4 is 5.91 Å². The van der Waals surface area contributed by atoms with Crippen LogP contribution in [0, 0.1) is 0 Å². The van der Waals surface area contributed by atoms with Crippen molar-refractivity contribution in [2.45, 2.75) is 19.6 Å². The third kappa shape index (κ3) is 4.93. The number of nitrogens with one attached hydrogen (secondary N) is 1. The first-order valence-electron chi connectivity index (χ1n) is 6.88. The number of benzene rings is 2. The largest absolute Gasteiger partial charge is 0.489 e. The molecule has 2 rings (SSSR count). The Morgan fingerprint density at radius 2 is 1.81 bits per heavy atom. The third-order valence-corrected chi connectivity index (χ3v) is 2.92. The van der Waals surface area contributed by atoms with E-state index in [0.29, 0.717) is 17.9 Å². The molecule has 0 fully saturated rings. The molecular formula is C17H19NO3. The fourth-order valence-corrected chi connectivity index (χ4v) is 1.79. The van der Waals surface area contributed by atoms with Crippen molar-refractivity contribution in [3.05, 3.63) is 65.7 Å². The number of rotatable bonds is 6. The minimum absolute atomic E-state index is 0.203. The van der Waals surface area contributed by atoms with Crippen LogP contribution in [0.2, 0.25) is 0 Å². The van der Waals surface area contributed by atoms with Gasteiger partial charge in [-0.2, -0.15) is 0 Å². The number of hydrogen-bond acceptors (Lipinski definition) is 3. The van der Waals surface area contributed by atoms with Crippen molar-refractivity contribution in [3.8, 4) is 5.75 Å². The van der Waals surface area contributed by atoms with Gasteiger partial charge in [-0.1, -0.05) is 30.3 Å². The second-order valence-electron chi connectivity index (χ2n) is 4.86. The highest BCUT2D eigenvalue weighted by atomic mass is 16.5. The molecule has 0 radical (unpaired) electrons. The zero-order chi connectivity index (χ0) is 15.1. The minimum atomic E-state index is -0.553. The summed E-state index contributed by atoms with van der Waals surface area (Å²) in [7, 11) is 0. The minimum Gasteiger partial charge on any atom is -0.489 e. The second kappa shape index (κ2) is 7.45. The second-order valence-corrected chi connectivity index (χ2v) is 4.86. The van der Waals surface area contributed by atoms with Crippen LogP contribution >= 0.6 is 0 Å². The van der Waals surface area contributed by atoms with Gasteiger partial charge < -0.3 is 15.2 Å². The smallest absolute Gasteiger partial charge is 0.251 e. The fourth-order valence-electron chi connectivity index (χ4n) is 1.79. The highest BCUT2D eigenvalue weighted by Gasteiger charge is 2.06. The monoisotopic (exact) mass is 285 g/mol. The van der Waals surface area contributed by atoms with E-state index in [2.05, 4.69) is 5.32 Å². The molecule has 0 aliphatic rings. The van der Waals surface area contributed by atoms with Gasteiger partial charge in [0.05, 0.1) is 6.10 Å². The Morgan fingerprint density at radius 1 is 1.14 bits per heavy atom. The topological polar surface area (TPSA) is 58.6 Å². The summed E-state index contributed by atoms with van der Waals surface area (Å²) < 4.78 is 5.65. The van der Waals surface area contributed by atoms with Crippen LogP contribution in [-0.2, 0) is 6.61 Å². The van der Waals surface area contributed by atoms with Crippen molar-refractivity contribution in [1.29, 1.82) is 0 Å². The van der Waals surface area contributed by atoms with E-state index in [-0.39, 0.29) is 12.5 Å². The number of aliphatic hydroxyl groups is 1. The average molecular weight is 285 g/mol. The summed E-state index contributed by atoms with van der Waals surface area (Å²) in [5.41, 5.74) is 1.64. The molecule has 2 aromatic rings. The van der Waals surface area contributed by atoms with Crippen LogP contribution in [0.4, 0.5) is 0 Å². The van der Waals surface area contributed by atoms with Gasteiger partial charge in [-0.15, -0.1) is 0 Å². The van der Waals surface area contributed by atoms with Crippen molar-refractivity contribution in [3.63, 3.8) is 0 Å². The fraction of sp³-hybridized carbons (Fsp3) is 0.235. The summed E-state index contributed by atoms with van der Waals surface area (Å²) in [5, 5.41) is 11.8. The Morgan fingerprint density at radius 3 is 2.43 bits per heavy atom. The normalized spacial score (nSPS) is 11.7. The molecule has 4 heteroatoms. The van der Waals surface area contributed by atoms with E-state index in [1.165, 1.54) is 0 Å². The average Bonchev–Trinajstić information content (AvgIpc) is 2.52. The first-order chi connectivity index (χ1) is 10.1. The lowest BCUT2D eigenvalue weighted by Crippen LogP contribution is -2.30. The molecule has 0 saturated heterocycles. The maximum atomic E-state index is 11.8. The Bertz CT molecular complexity index is 564. The Balaban J connectivity index is 1.88. The van der Waals surface area contributed by atoms with Crippen LogP contribution in [-0.4, -0.2) is 23.7 Å². The van der Waals surface area contributed by atoms with Gasteiger partial charge in [-0.3, -0.25) is 4.79 Å². The molecule has 2 aromatic carbocycles. The van der Waals surface area contributed by atoms with Crippen molar-refractivity contribution in [1.82, 2.24) is 5.32 Å². The lowest BCUT2D eigenvalue weighted by Gasteiger charge is -2.09. The maximum absolute atomic E-state index is 11.8. The van der Waals surface area contributed by atoms with Crippen molar-refractivity contribution in [2.24, 2.45) is 0 Å². The molecule has 0 heterocycles. The number of ether oxygens (including phenoxy) is 1. The molecule has 110 valence electrons. The Labute approximate surface area is 124 Å². The van der Waals surface area contributed by atoms with E-state index < -0.39 is 6.10 Å². The van der Waals surface area contributed by atoms with Gasteiger partial charge in [0, 0.05) is 12.1 Å². The molecule has 4 nitrogen and oxygen atoms in total. The summed E-state index contributed by atoms with van der Waals surface area (Å²) >= 11 is 0. The van der Waals surface area contributed by atoms with Gasteiger partial charge in [0.25, 0.3) is 5.91 Å². The summed E-state index contributed by atoms with van der Waals surface area (Å²) in [6.45, 7) is 2.36. The molecular weight excluding hydrogens is 266 g/mol. The van der Waals surface area contributed by atoms with Crippen LogP contribution in [0.1, 0.15) is 22.8 Å². The zero-order valence-electron chi connectivity index (χ0n) is 12.0. The first kappa shape index (κ1) is 15.1. The SMILES string of the molecule is CC(O)CNC(=O)c1ccc(OCc2ccccc2)cc1. The molecule has 0 spiro atoms. The van der Waals surface area contributed by atoms with Crippen LogP contribution in [0.3, 0.4) is 0 Å². The molecule has 0 saturated carbocycles. The molecule has 0 aromatic heterocycles. The van der Waals surface area contributed by atoms with Gasteiger partial charge in [0.1, 0.15) is 12.4 Å². The van der Waals surface area contributed by atoms with Crippen LogP contribution in [0.15, 0.2) is 54.6 Å². The summed E-state index contributed by atoms with van der Waals surface area (Å²) in [6, 6.07) is 16.8. The van der Waals surface area contributed by atoms with Gasteiger partial charge in [-0.25, -0.2) is 0 Å². The van der Waals surface area contributed by atoms with Gasteiger partial charge in [-0.05, 0) is 36.8 Å². The standard InChI is InChI=1S/C17H19NO3/c1-13(19)11-18-17(20)15-7-9-16(10-8-15)21-12-14-5-3-2-4-6-14/h2-10,13,19H,11-12H2,1H3,(H,18,20). The van der Waals surface area contributed by atoms with E-state index in [0.717, 1.165) is 5.56 Å². The number of carbonyl (C=O) groups excluding carboxylic acids is 1. The summed E-state index contributed by atoms with van der Waals surface area (Å²) in [5.74, 6) is 0.511. The van der Waals surface area contributed by atoms with E-state index in [4.69, 9.17) is 9.84 Å². The van der Waals surface area contributed by atoms with E-state index in [9.17, 15) is 4.79 Å². The quantitative estimate of drug-likeness (QED) is 0.856. The molecule has 0 aliphatic heterocycles. The van der Waals surface area contributed by atoms with Crippen LogP contribution in [0.25, 0.3) is 0 Å². The Hall–Kier alpha value is -2.33. The van der Waals surface area contributed by atoms with Gasteiger partial charge in [0.15, 0.2) is 0 Å². The number of aliphatic hydroxyl groups excluding tert-OH is 1. The lowest BCUT2D eigenvalue weighted by atomic mass is 10.2. The van der Waals surface area contributed by atoms with Gasteiger partial charge in [0.2, 0.25) is 0 Å². The molecule has 1 atom stereocenters. The third-order valence-electron chi connectivity index (χ3n) is 2.92. The number of carbonyl (C=O) groups is 1. The number of hydrogen-bond donors (Lipinski definition) is 2. The molecule has 0 bridgehead atoms. The zero-order valence-corrected chi connectivity index (χ0v) is 12.0. The molecule has 1 unspecified atom stereocenters. The predicted octanol–water partition coefficient (Wildman–Crippen LogP) is 2.38. The number of amides is 1. The molecule has 1 amide bonds. The first-order valence-corrected chi connectivity index (χ1v) is 6.88. The highest BCUT2D eigenvalue weighted by Crippen LogP contribution is 2.14. The summed E-state index contributed by atoms with van der Waals surface area (Å²) in [4.78, 5) is 11.8. The van der Waals surface area contributed by atoms with Crippen LogP contribution in [0.5, 0.6) is 5.75 Å². The van der Waals surface area contributed by atoms with Crippen LogP contribution < -0.4 is 10.1 Å². The molecule has 21 heavy (non-hydrogen) atoms. The Kier molecular flexibility index (Phi) is 5.35. The van der Waals surface area contributed by atoms with E-state index in [1.54, 1.807) is 31.2 Å². The van der Waals surface area contributed by atoms with Crippen molar-refractivity contribution in [2.75, 3.05) is 6.54 Å².